The van der Waals surface area contributed by atoms with Gasteiger partial charge in [-0.15, -0.1) is 0 Å². The van der Waals surface area contributed by atoms with E-state index in [-0.39, 0.29) is 42.7 Å². The second-order valence-electron chi connectivity index (χ2n) is 0. The third-order valence-electron chi connectivity index (χ3n) is 0. The molecule has 0 saturated carbocycles. The number of hydrogen-bond donors (Lipinski definition) is 0. The fourth-order valence-corrected chi connectivity index (χ4v) is 0. The van der Waals surface area contributed by atoms with E-state index in [0.717, 1.165) is 0 Å². The van der Waals surface area contributed by atoms with Gasteiger partial charge in [-0.25, -0.2) is 0 Å². The summed E-state index contributed by atoms with van der Waals surface area (Å²) in [4.78, 5) is 0. The summed E-state index contributed by atoms with van der Waals surface area (Å²) >= 11 is 2.31. The van der Waals surface area contributed by atoms with Crippen LogP contribution in [0.15, 0.2) is 0 Å². The summed E-state index contributed by atoms with van der Waals surface area (Å²) in [6.45, 7) is 0. The maximum atomic E-state index is 7.94. The Bertz CT molecular complexity index is 13.5. The van der Waals surface area contributed by atoms with Gasteiger partial charge in [0.25, 0.3) is 0 Å². The van der Waals surface area contributed by atoms with Crippen LogP contribution in [-0.2, 0) is 25.0 Å². The van der Waals surface area contributed by atoms with Gasteiger partial charge in [-0.3, -0.25) is 0 Å². The molecule has 0 aromatic carbocycles. The molecule has 0 unspecified atom stereocenters. The predicted molar refractivity (Wildman–Crippen MR) is 16.1 cm³/mol. The SMILES string of the molecule is [C].[Li].[O].[O]=[Co].[Si]. The molecule has 0 aliphatic heterocycles. The van der Waals surface area contributed by atoms with Crippen molar-refractivity contribution < 1.29 is 25.0 Å². The first kappa shape index (κ1) is 60.5. The molecule has 0 aliphatic rings. The van der Waals surface area contributed by atoms with E-state index in [1.807, 2.05) is 0 Å². The van der Waals surface area contributed by atoms with Crippen LogP contribution in [-0.4, -0.2) is 29.8 Å². The molecule has 0 aliphatic carbocycles. The fourth-order valence-electron chi connectivity index (χ4n) is 0. The van der Waals surface area contributed by atoms with E-state index < -0.39 is 0 Å². The van der Waals surface area contributed by atoms with Crippen molar-refractivity contribution in [3.05, 3.63) is 7.43 Å². The first-order valence-electron chi connectivity index (χ1n) is 0.136. The summed E-state index contributed by atoms with van der Waals surface area (Å²) in [6, 6.07) is 0. The maximum absolute atomic E-state index is 7.94. The van der Waals surface area contributed by atoms with E-state index >= 15 is 0 Å². The second-order valence-corrected chi connectivity index (χ2v) is 0. The van der Waals surface area contributed by atoms with Crippen molar-refractivity contribution in [1.82, 2.24) is 0 Å². The van der Waals surface area contributed by atoms with Gasteiger partial charge in [-0.05, 0) is 0 Å². The van der Waals surface area contributed by atoms with Gasteiger partial charge in [-0.1, -0.05) is 0 Å². The zero-order chi connectivity index (χ0) is 2.00. The summed E-state index contributed by atoms with van der Waals surface area (Å²) in [5.74, 6) is 0. The van der Waals surface area contributed by atoms with Crippen LogP contribution in [0, 0.1) is 7.43 Å². The molecule has 0 spiro atoms. The van der Waals surface area contributed by atoms with Gasteiger partial charge in [0.05, 0.1) is 0 Å². The fraction of sp³-hybridized carbons (Fsp3) is 0. The summed E-state index contributed by atoms with van der Waals surface area (Å²) in [5.41, 5.74) is 0. The van der Waals surface area contributed by atoms with Crippen LogP contribution in [0.5, 0.6) is 0 Å². The van der Waals surface area contributed by atoms with Crippen LogP contribution >= 0.6 is 0 Å². The first-order chi connectivity index (χ1) is 1.00. The smallest absolute Gasteiger partial charge is 0 e. The summed E-state index contributed by atoms with van der Waals surface area (Å²) in [5, 5.41) is 0. The van der Waals surface area contributed by atoms with Crippen molar-refractivity contribution >= 4 is 29.8 Å². The largest absolute Gasteiger partial charge is 0 e. The number of hydrogen-bond acceptors (Lipinski definition) is 1. The van der Waals surface area contributed by atoms with Gasteiger partial charge in [0.1, 0.15) is 0 Å². The van der Waals surface area contributed by atoms with Gasteiger partial charge in [0.2, 0.25) is 0 Å². The van der Waals surface area contributed by atoms with Crippen molar-refractivity contribution in [3.8, 4) is 0 Å². The molecule has 2 nitrogen and oxygen atoms in total. The zero-order valence-corrected chi connectivity index (χ0v) is 5.19. The Kier molecular flexibility index (Phi) is 1350. The molecule has 30 valence electrons. The van der Waals surface area contributed by atoms with Crippen molar-refractivity contribution in [2.45, 2.75) is 0 Å². The molecule has 0 N–H and O–H groups in total. The summed E-state index contributed by atoms with van der Waals surface area (Å²) < 4.78 is 7.94. The molecule has 0 atom stereocenters. The Morgan fingerprint density at radius 1 is 1.17 bits per heavy atom. The molecule has 0 rings (SSSR count). The third kappa shape index (κ3) is 72.4. The molecule has 0 aromatic rings. The standard InChI is InChI=1S/C.Co.Li.2O.Si. The van der Waals surface area contributed by atoms with Gasteiger partial charge >= 0.3 is 19.5 Å². The van der Waals surface area contributed by atoms with E-state index in [1.54, 1.807) is 0 Å². The molecule has 0 fully saturated rings. The van der Waals surface area contributed by atoms with Crippen LogP contribution in [0.1, 0.15) is 0 Å². The number of rotatable bonds is 0. The van der Waals surface area contributed by atoms with Crippen LogP contribution < -0.4 is 0 Å². The quantitative estimate of drug-likeness (QED) is 0.399. The predicted octanol–water partition coefficient (Wildman–Crippen LogP) is -0.920. The van der Waals surface area contributed by atoms with Crippen molar-refractivity contribution in [2.24, 2.45) is 0 Å². The molecular weight excluding hydrogens is 138 g/mol. The molecule has 0 aromatic heterocycles. The van der Waals surface area contributed by atoms with Gasteiger partial charge in [0, 0.05) is 42.7 Å². The zero-order valence-electron chi connectivity index (χ0n) is 3.15. The monoisotopic (exact) mass is 138 g/mol. The minimum absolute atomic E-state index is 0. The first-order valence-corrected chi connectivity index (χ1v) is 0.561. The summed E-state index contributed by atoms with van der Waals surface area (Å²) in [7, 11) is 0. The average molecular weight is 138 g/mol. The Morgan fingerprint density at radius 3 is 1.17 bits per heavy atom. The Labute approximate surface area is 62.4 Å². The molecular formula is CCoLiO2Si. The van der Waals surface area contributed by atoms with Gasteiger partial charge in [0.15, 0.2) is 0 Å². The van der Waals surface area contributed by atoms with Crippen LogP contribution in [0.4, 0.5) is 0 Å². The minimum Gasteiger partial charge on any atom is 0 e. The Morgan fingerprint density at radius 2 is 1.17 bits per heavy atom. The Hall–Kier alpha value is 1.08. The topological polar surface area (TPSA) is 45.6 Å². The molecule has 0 bridgehead atoms. The molecule has 5 heteroatoms. The van der Waals surface area contributed by atoms with E-state index in [0.29, 0.717) is 0 Å². The van der Waals surface area contributed by atoms with Crippen LogP contribution in [0.3, 0.4) is 0 Å². The van der Waals surface area contributed by atoms with Crippen molar-refractivity contribution in [1.29, 1.82) is 0 Å². The van der Waals surface area contributed by atoms with E-state index in [4.69, 9.17) is 3.87 Å². The average Bonchev–Trinajstić information content (AvgIpc) is 1.00. The molecule has 6 heavy (non-hydrogen) atoms. The normalized spacial score (nSPS) is 0.833. The second kappa shape index (κ2) is 134. The van der Waals surface area contributed by atoms with E-state index in [9.17, 15) is 0 Å². The molecule has 0 saturated heterocycles. The Balaban J connectivity index is -0.000000000833. The molecule has 0 amide bonds. The van der Waals surface area contributed by atoms with Gasteiger partial charge in [-0.2, -0.15) is 0 Å². The maximum Gasteiger partial charge on any atom is 0 e. The molecule has 0 heterocycles. The minimum atomic E-state index is 0. The van der Waals surface area contributed by atoms with E-state index in [2.05, 4.69) is 15.7 Å². The molecule has 11 radical (unpaired) electrons. The van der Waals surface area contributed by atoms with E-state index in [1.165, 1.54) is 0 Å². The van der Waals surface area contributed by atoms with Gasteiger partial charge < -0.3 is 0 Å². The summed E-state index contributed by atoms with van der Waals surface area (Å²) in [6.07, 6.45) is 0. The van der Waals surface area contributed by atoms with Crippen LogP contribution in [0.2, 0.25) is 0 Å². The van der Waals surface area contributed by atoms with Crippen molar-refractivity contribution in [2.75, 3.05) is 0 Å². The van der Waals surface area contributed by atoms with Crippen molar-refractivity contribution in [3.63, 3.8) is 0 Å². The van der Waals surface area contributed by atoms with Crippen LogP contribution in [0.25, 0.3) is 0 Å². The third-order valence-corrected chi connectivity index (χ3v) is 0.